The van der Waals surface area contributed by atoms with Crippen LogP contribution < -0.4 is 10.6 Å². The molecule has 1 aliphatic rings. The van der Waals surface area contributed by atoms with Crippen LogP contribution in [0.4, 0.5) is 5.82 Å². The number of aromatic nitrogens is 1. The molecule has 1 saturated heterocycles. The third kappa shape index (κ3) is 2.86. The van der Waals surface area contributed by atoms with Gasteiger partial charge in [0.15, 0.2) is 0 Å². The minimum absolute atomic E-state index is 0.694. The third-order valence-electron chi connectivity index (χ3n) is 3.13. The Bertz CT molecular complexity index is 324. The van der Waals surface area contributed by atoms with Crippen molar-refractivity contribution in [2.24, 2.45) is 11.7 Å². The quantitative estimate of drug-likeness (QED) is 0.880. The van der Waals surface area contributed by atoms with Crippen LogP contribution in [0, 0.1) is 5.92 Å². The van der Waals surface area contributed by atoms with Gasteiger partial charge in [0.1, 0.15) is 5.82 Å². The topological polar surface area (TPSA) is 42.1 Å². The van der Waals surface area contributed by atoms with Gasteiger partial charge in [-0.1, -0.05) is 11.6 Å². The minimum atomic E-state index is 0.694. The Kier molecular flexibility index (Phi) is 4.02. The van der Waals surface area contributed by atoms with E-state index in [9.17, 15) is 0 Å². The molecule has 1 aliphatic heterocycles. The summed E-state index contributed by atoms with van der Waals surface area (Å²) in [5, 5.41) is 0.694. The summed E-state index contributed by atoms with van der Waals surface area (Å²) in [6.45, 7) is 2.95. The number of piperidine rings is 1. The van der Waals surface area contributed by atoms with E-state index in [4.69, 9.17) is 17.3 Å². The molecule has 0 saturated carbocycles. The number of hydrogen-bond donors (Lipinski definition) is 1. The molecule has 1 fully saturated rings. The van der Waals surface area contributed by atoms with Crippen LogP contribution in [0.5, 0.6) is 0 Å². The number of nitrogens with two attached hydrogens (primary N) is 1. The highest BCUT2D eigenvalue weighted by Crippen LogP contribution is 2.23. The molecule has 2 N–H and O–H groups in total. The average Bonchev–Trinajstić information content (AvgIpc) is 2.31. The second-order valence-corrected chi connectivity index (χ2v) is 4.80. The summed E-state index contributed by atoms with van der Waals surface area (Å²) >= 11 is 5.83. The van der Waals surface area contributed by atoms with Gasteiger partial charge in [0.25, 0.3) is 0 Å². The Balaban J connectivity index is 2.01. The maximum absolute atomic E-state index is 5.83. The lowest BCUT2D eigenvalue weighted by Crippen LogP contribution is -2.36. The van der Waals surface area contributed by atoms with Crippen molar-refractivity contribution in [2.75, 3.05) is 24.5 Å². The molecule has 0 aliphatic carbocycles. The summed E-state index contributed by atoms with van der Waals surface area (Å²) in [7, 11) is 0. The molecule has 2 rings (SSSR count). The van der Waals surface area contributed by atoms with Crippen molar-refractivity contribution in [3.8, 4) is 0 Å². The zero-order chi connectivity index (χ0) is 11.4. The number of halogens is 1. The van der Waals surface area contributed by atoms with Gasteiger partial charge in [-0.2, -0.15) is 0 Å². The van der Waals surface area contributed by atoms with Gasteiger partial charge >= 0.3 is 0 Å². The number of rotatable bonds is 3. The molecule has 1 aromatic heterocycles. The minimum Gasteiger partial charge on any atom is -0.356 e. The van der Waals surface area contributed by atoms with Gasteiger partial charge in [0, 0.05) is 19.3 Å². The summed E-state index contributed by atoms with van der Waals surface area (Å²) in [4.78, 5) is 6.69. The lowest BCUT2D eigenvalue weighted by Gasteiger charge is -2.33. The fraction of sp³-hybridized carbons (Fsp3) is 0.583. The molecular formula is C12H18ClN3. The van der Waals surface area contributed by atoms with Crippen molar-refractivity contribution < 1.29 is 0 Å². The molecule has 88 valence electrons. The van der Waals surface area contributed by atoms with E-state index in [1.165, 1.54) is 12.8 Å². The normalized spacial score (nSPS) is 21.1. The third-order valence-corrected chi connectivity index (χ3v) is 3.35. The van der Waals surface area contributed by atoms with Gasteiger partial charge in [-0.25, -0.2) is 4.98 Å². The summed E-state index contributed by atoms with van der Waals surface area (Å²) in [6.07, 6.45) is 5.35. The van der Waals surface area contributed by atoms with E-state index >= 15 is 0 Å². The van der Waals surface area contributed by atoms with Gasteiger partial charge in [-0.3, -0.25) is 0 Å². The first kappa shape index (κ1) is 11.7. The van der Waals surface area contributed by atoms with Crippen LogP contribution >= 0.6 is 11.6 Å². The number of hydrogen-bond acceptors (Lipinski definition) is 3. The van der Waals surface area contributed by atoms with E-state index in [0.29, 0.717) is 5.02 Å². The van der Waals surface area contributed by atoms with Crippen LogP contribution in [0.3, 0.4) is 0 Å². The molecule has 3 nitrogen and oxygen atoms in total. The van der Waals surface area contributed by atoms with E-state index in [2.05, 4.69) is 9.88 Å². The fourth-order valence-electron chi connectivity index (χ4n) is 2.30. The van der Waals surface area contributed by atoms with Crippen molar-refractivity contribution in [3.63, 3.8) is 0 Å². The van der Waals surface area contributed by atoms with Crippen molar-refractivity contribution in [1.29, 1.82) is 0 Å². The van der Waals surface area contributed by atoms with Crippen LogP contribution in [-0.4, -0.2) is 24.6 Å². The van der Waals surface area contributed by atoms with E-state index in [0.717, 1.165) is 37.8 Å². The SMILES string of the molecule is NCCC1CCCN(c2ccc(Cl)cn2)C1. The molecule has 0 bridgehead atoms. The highest BCUT2D eigenvalue weighted by molar-refractivity contribution is 6.30. The van der Waals surface area contributed by atoms with Crippen LogP contribution in [-0.2, 0) is 0 Å². The summed E-state index contributed by atoms with van der Waals surface area (Å²) in [5.74, 6) is 1.75. The first-order chi connectivity index (χ1) is 7.79. The lowest BCUT2D eigenvalue weighted by atomic mass is 9.95. The van der Waals surface area contributed by atoms with Gasteiger partial charge in [0.2, 0.25) is 0 Å². The van der Waals surface area contributed by atoms with Crippen molar-refractivity contribution in [3.05, 3.63) is 23.4 Å². The predicted molar refractivity (Wildman–Crippen MR) is 67.9 cm³/mol. The maximum atomic E-state index is 5.83. The van der Waals surface area contributed by atoms with Crippen molar-refractivity contribution in [1.82, 2.24) is 4.98 Å². The largest absolute Gasteiger partial charge is 0.356 e. The Morgan fingerprint density at radius 1 is 1.50 bits per heavy atom. The maximum Gasteiger partial charge on any atom is 0.128 e. The number of nitrogens with zero attached hydrogens (tertiary/aromatic N) is 2. The second kappa shape index (κ2) is 5.51. The van der Waals surface area contributed by atoms with Crippen LogP contribution in [0.2, 0.25) is 5.02 Å². The molecule has 0 amide bonds. The molecule has 1 unspecified atom stereocenters. The van der Waals surface area contributed by atoms with E-state index < -0.39 is 0 Å². The second-order valence-electron chi connectivity index (χ2n) is 4.37. The zero-order valence-electron chi connectivity index (χ0n) is 9.40. The van der Waals surface area contributed by atoms with Crippen molar-refractivity contribution in [2.45, 2.75) is 19.3 Å². The molecule has 1 aromatic rings. The molecule has 16 heavy (non-hydrogen) atoms. The first-order valence-electron chi connectivity index (χ1n) is 5.86. The Morgan fingerprint density at radius 3 is 3.06 bits per heavy atom. The standard InChI is InChI=1S/C12H18ClN3/c13-11-3-4-12(15-8-11)16-7-1-2-10(9-16)5-6-14/h3-4,8,10H,1-2,5-7,9,14H2. The zero-order valence-corrected chi connectivity index (χ0v) is 10.2. The predicted octanol–water partition coefficient (Wildman–Crippen LogP) is 2.30. The molecular weight excluding hydrogens is 222 g/mol. The average molecular weight is 240 g/mol. The molecule has 1 atom stereocenters. The van der Waals surface area contributed by atoms with Gasteiger partial charge < -0.3 is 10.6 Å². The van der Waals surface area contributed by atoms with Gasteiger partial charge in [-0.05, 0) is 43.9 Å². The number of pyridine rings is 1. The summed E-state index contributed by atoms with van der Waals surface area (Å²) in [5.41, 5.74) is 5.61. The highest BCUT2D eigenvalue weighted by Gasteiger charge is 2.19. The van der Waals surface area contributed by atoms with E-state index in [1.54, 1.807) is 6.20 Å². The van der Waals surface area contributed by atoms with Gasteiger partial charge in [0.05, 0.1) is 5.02 Å². The number of anilines is 1. The fourth-order valence-corrected chi connectivity index (χ4v) is 2.41. The van der Waals surface area contributed by atoms with Crippen LogP contribution in [0.15, 0.2) is 18.3 Å². The van der Waals surface area contributed by atoms with Crippen molar-refractivity contribution >= 4 is 17.4 Å². The molecule has 2 heterocycles. The van der Waals surface area contributed by atoms with Crippen LogP contribution in [0.1, 0.15) is 19.3 Å². The van der Waals surface area contributed by atoms with E-state index in [1.807, 2.05) is 12.1 Å². The molecule has 4 heteroatoms. The van der Waals surface area contributed by atoms with Crippen LogP contribution in [0.25, 0.3) is 0 Å². The molecule has 0 aromatic carbocycles. The van der Waals surface area contributed by atoms with E-state index in [-0.39, 0.29) is 0 Å². The Hall–Kier alpha value is -0.800. The Morgan fingerprint density at radius 2 is 2.38 bits per heavy atom. The van der Waals surface area contributed by atoms with Gasteiger partial charge in [-0.15, -0.1) is 0 Å². The lowest BCUT2D eigenvalue weighted by molar-refractivity contribution is 0.394. The molecule has 0 radical (unpaired) electrons. The summed E-state index contributed by atoms with van der Waals surface area (Å²) in [6, 6.07) is 3.89. The Labute approximate surface area is 102 Å². The first-order valence-corrected chi connectivity index (χ1v) is 6.24. The smallest absolute Gasteiger partial charge is 0.128 e. The molecule has 0 spiro atoms. The monoisotopic (exact) mass is 239 g/mol. The highest BCUT2D eigenvalue weighted by atomic mass is 35.5. The summed E-state index contributed by atoms with van der Waals surface area (Å²) < 4.78 is 0.